The van der Waals surface area contributed by atoms with Crippen LogP contribution in [0.5, 0.6) is 0 Å². The molecular weight excluding hydrogens is 504 g/mol. The van der Waals surface area contributed by atoms with Crippen LogP contribution in [0.15, 0.2) is 79.0 Å². The zero-order valence-electron chi connectivity index (χ0n) is 21.0. The van der Waals surface area contributed by atoms with Crippen molar-refractivity contribution in [3.63, 3.8) is 0 Å². The number of anilines is 1. The van der Waals surface area contributed by atoms with Gasteiger partial charge >= 0.3 is 0 Å². The maximum absolute atomic E-state index is 14.8. The number of amides is 1. The van der Waals surface area contributed by atoms with Gasteiger partial charge in [0.15, 0.2) is 5.11 Å². The Kier molecular flexibility index (Phi) is 7.20. The molecule has 4 aromatic rings. The van der Waals surface area contributed by atoms with Crippen LogP contribution in [0.1, 0.15) is 41.1 Å². The fourth-order valence-corrected chi connectivity index (χ4v) is 5.39. The third-order valence-corrected chi connectivity index (χ3v) is 7.14. The lowest BCUT2D eigenvalue weighted by molar-refractivity contribution is -0.116. The maximum Gasteiger partial charge on any atom is 0.226 e. The number of carbonyl (C=O) groups excluding carboxylic acids is 1. The molecule has 5 rings (SSSR count). The van der Waals surface area contributed by atoms with E-state index in [2.05, 4.69) is 15.6 Å². The highest BCUT2D eigenvalue weighted by Crippen LogP contribution is 2.41. The second-order valence-corrected chi connectivity index (χ2v) is 9.63. The Morgan fingerprint density at radius 1 is 1.05 bits per heavy atom. The smallest absolute Gasteiger partial charge is 0.226 e. The number of benzene rings is 2. The van der Waals surface area contributed by atoms with E-state index in [1.807, 2.05) is 53.6 Å². The zero-order valence-corrected chi connectivity index (χ0v) is 21.8. The fourth-order valence-electron chi connectivity index (χ4n) is 5.05. The number of hydrogen-bond donors (Lipinski definition) is 2. The quantitative estimate of drug-likeness (QED) is 0.297. The lowest BCUT2D eigenvalue weighted by Gasteiger charge is -2.28. The van der Waals surface area contributed by atoms with Crippen LogP contribution >= 0.6 is 12.2 Å². The normalized spacial score (nSPS) is 16.9. The SMILES string of the molecule is Cc1cc([C@@H]2[C@H](c3ccccn3)NC(=S)N2CCC(=O)Nc2ccc(F)cc2)c(C)n1-c1ccccc1F. The molecular formula is C29H27F2N5OS. The number of nitrogens with zero attached hydrogens (tertiary/aromatic N) is 3. The number of pyridine rings is 1. The molecule has 0 spiro atoms. The first-order chi connectivity index (χ1) is 18.3. The molecule has 1 fully saturated rings. The Bertz CT molecular complexity index is 1470. The highest BCUT2D eigenvalue weighted by Gasteiger charge is 2.41. The van der Waals surface area contributed by atoms with Crippen LogP contribution in [0.25, 0.3) is 5.69 Å². The number of hydrogen-bond acceptors (Lipinski definition) is 3. The van der Waals surface area contributed by atoms with Gasteiger partial charge in [0.1, 0.15) is 11.6 Å². The van der Waals surface area contributed by atoms with Crippen LogP contribution in [0.2, 0.25) is 0 Å². The molecule has 2 aromatic heterocycles. The number of para-hydroxylation sites is 1. The standard InChI is InChI=1S/C29H27F2N5OS/c1-18-17-22(19(2)36(18)25-9-4-3-7-23(25)31)28-27(24-8-5-6-15-32-24)34-29(38)35(28)16-14-26(37)33-21-12-10-20(30)11-13-21/h3-13,15,17,27-28H,14,16H2,1-2H3,(H,33,37)(H,34,38)/t27-,28+/m0/s1. The van der Waals surface area contributed by atoms with Gasteiger partial charge in [-0.3, -0.25) is 9.78 Å². The number of carbonyl (C=O) groups is 1. The van der Waals surface area contributed by atoms with Crippen molar-refractivity contribution in [3.05, 3.63) is 113 Å². The summed E-state index contributed by atoms with van der Waals surface area (Å²) in [6.07, 6.45) is 1.90. The summed E-state index contributed by atoms with van der Waals surface area (Å²) in [7, 11) is 0. The van der Waals surface area contributed by atoms with Gasteiger partial charge < -0.3 is 20.1 Å². The van der Waals surface area contributed by atoms with E-state index in [4.69, 9.17) is 12.2 Å². The maximum atomic E-state index is 14.8. The molecule has 1 amide bonds. The summed E-state index contributed by atoms with van der Waals surface area (Å²) in [5, 5.41) is 6.71. The highest BCUT2D eigenvalue weighted by atomic mass is 32.1. The number of nitrogens with one attached hydrogen (secondary N) is 2. The number of thiocarbonyl (C=S) groups is 1. The van der Waals surface area contributed by atoms with Crippen molar-refractivity contribution in [3.8, 4) is 5.69 Å². The van der Waals surface area contributed by atoms with Crippen molar-refractivity contribution in [1.82, 2.24) is 19.8 Å². The van der Waals surface area contributed by atoms with Gasteiger partial charge in [0, 0.05) is 36.2 Å². The Balaban J connectivity index is 1.47. The van der Waals surface area contributed by atoms with E-state index in [0.717, 1.165) is 22.6 Å². The van der Waals surface area contributed by atoms with E-state index in [-0.39, 0.29) is 36.0 Å². The summed E-state index contributed by atoms with van der Waals surface area (Å²) in [4.78, 5) is 19.3. The largest absolute Gasteiger partial charge is 0.352 e. The summed E-state index contributed by atoms with van der Waals surface area (Å²) in [5.74, 6) is -0.888. The van der Waals surface area contributed by atoms with E-state index in [1.165, 1.54) is 30.3 Å². The molecule has 2 N–H and O–H groups in total. The van der Waals surface area contributed by atoms with Crippen molar-refractivity contribution in [2.45, 2.75) is 32.4 Å². The molecule has 3 heterocycles. The van der Waals surface area contributed by atoms with Crippen LogP contribution in [0, 0.1) is 25.5 Å². The van der Waals surface area contributed by atoms with E-state index in [0.29, 0.717) is 23.0 Å². The molecule has 2 atom stereocenters. The highest BCUT2D eigenvalue weighted by molar-refractivity contribution is 7.80. The molecule has 0 saturated carbocycles. The molecule has 194 valence electrons. The molecule has 0 bridgehead atoms. The van der Waals surface area contributed by atoms with Crippen molar-refractivity contribution < 1.29 is 13.6 Å². The zero-order chi connectivity index (χ0) is 26.8. The van der Waals surface area contributed by atoms with Gasteiger partial charge in [-0.1, -0.05) is 18.2 Å². The minimum atomic E-state index is -0.368. The van der Waals surface area contributed by atoms with Gasteiger partial charge in [-0.15, -0.1) is 0 Å². The van der Waals surface area contributed by atoms with Crippen LogP contribution < -0.4 is 10.6 Å². The predicted molar refractivity (Wildman–Crippen MR) is 147 cm³/mol. The number of rotatable bonds is 7. The third kappa shape index (κ3) is 5.02. The van der Waals surface area contributed by atoms with Crippen LogP contribution in [0.3, 0.4) is 0 Å². The molecule has 38 heavy (non-hydrogen) atoms. The Hall–Kier alpha value is -4.11. The van der Waals surface area contributed by atoms with E-state index < -0.39 is 0 Å². The molecule has 2 aromatic carbocycles. The Morgan fingerprint density at radius 3 is 2.50 bits per heavy atom. The summed E-state index contributed by atoms with van der Waals surface area (Å²) in [5.41, 5.74) is 4.54. The molecule has 6 nitrogen and oxygen atoms in total. The molecule has 1 saturated heterocycles. The monoisotopic (exact) mass is 531 g/mol. The first kappa shape index (κ1) is 25.5. The van der Waals surface area contributed by atoms with Gasteiger partial charge in [0.25, 0.3) is 0 Å². The van der Waals surface area contributed by atoms with E-state index in [1.54, 1.807) is 18.3 Å². The minimum Gasteiger partial charge on any atom is -0.352 e. The second-order valence-electron chi connectivity index (χ2n) is 9.24. The van der Waals surface area contributed by atoms with Crippen LogP contribution in [-0.2, 0) is 4.79 Å². The second kappa shape index (κ2) is 10.7. The molecule has 0 aliphatic carbocycles. The average molecular weight is 532 g/mol. The number of halogens is 2. The molecule has 9 heteroatoms. The summed E-state index contributed by atoms with van der Waals surface area (Å²) in [6, 6.07) is 19.5. The summed E-state index contributed by atoms with van der Waals surface area (Å²) >= 11 is 5.73. The van der Waals surface area contributed by atoms with E-state index in [9.17, 15) is 13.6 Å². The average Bonchev–Trinajstić information content (AvgIpc) is 3.39. The van der Waals surface area contributed by atoms with Gasteiger partial charge in [0.05, 0.1) is 23.5 Å². The summed E-state index contributed by atoms with van der Waals surface area (Å²) in [6.45, 7) is 4.25. The van der Waals surface area contributed by atoms with Gasteiger partial charge in [0.2, 0.25) is 5.91 Å². The first-order valence-electron chi connectivity index (χ1n) is 12.3. The molecule has 1 aliphatic rings. The third-order valence-electron chi connectivity index (χ3n) is 6.79. The van der Waals surface area contributed by atoms with Gasteiger partial charge in [-0.05, 0) is 86.2 Å². The number of aromatic nitrogens is 2. The van der Waals surface area contributed by atoms with Crippen LogP contribution in [-0.4, -0.2) is 32.0 Å². The Labute approximate surface area is 225 Å². The molecule has 0 unspecified atom stereocenters. The minimum absolute atomic E-state index is 0.163. The Morgan fingerprint density at radius 2 is 1.79 bits per heavy atom. The van der Waals surface area contributed by atoms with Crippen molar-refractivity contribution >= 4 is 28.9 Å². The molecule has 1 aliphatic heterocycles. The lowest BCUT2D eigenvalue weighted by atomic mass is 9.96. The van der Waals surface area contributed by atoms with E-state index >= 15 is 0 Å². The predicted octanol–water partition coefficient (Wildman–Crippen LogP) is 5.77. The topological polar surface area (TPSA) is 62.2 Å². The summed E-state index contributed by atoms with van der Waals surface area (Å²) < 4.78 is 29.9. The van der Waals surface area contributed by atoms with Crippen molar-refractivity contribution in [2.75, 3.05) is 11.9 Å². The van der Waals surface area contributed by atoms with Crippen LogP contribution in [0.4, 0.5) is 14.5 Å². The lowest BCUT2D eigenvalue weighted by Crippen LogP contribution is -2.32. The van der Waals surface area contributed by atoms with Crippen molar-refractivity contribution in [1.29, 1.82) is 0 Å². The van der Waals surface area contributed by atoms with Crippen molar-refractivity contribution in [2.24, 2.45) is 0 Å². The van der Waals surface area contributed by atoms with Gasteiger partial charge in [-0.25, -0.2) is 8.78 Å². The molecule has 0 radical (unpaired) electrons. The first-order valence-corrected chi connectivity index (χ1v) is 12.7. The number of aryl methyl sites for hydroxylation is 1. The fraction of sp³-hybridized carbons (Fsp3) is 0.207. The van der Waals surface area contributed by atoms with Gasteiger partial charge in [-0.2, -0.15) is 0 Å².